The average molecular weight is 788 g/mol. The van der Waals surface area contributed by atoms with Gasteiger partial charge in [0.1, 0.15) is 0 Å². The number of halogens is 2. The standard InChI is InChI=1S/C30H16I2Se2/c31-27-23-13-19-11-22-16-26-24(28(32)30(34-26)18-9-5-2-6-10-18)14-20(22)12-21(19)15-25(23)33-29(27)17-7-3-1-4-8-17/h1-16H. The summed E-state index contributed by atoms with van der Waals surface area (Å²) in [4.78, 5) is 0. The first kappa shape index (κ1) is 21.8. The topological polar surface area (TPSA) is 0 Å². The molecule has 5 aromatic carbocycles. The van der Waals surface area contributed by atoms with Crippen LogP contribution < -0.4 is 0 Å². The predicted octanol–water partition coefficient (Wildman–Crippen LogP) is 8.96. The molecule has 4 heteroatoms. The summed E-state index contributed by atoms with van der Waals surface area (Å²) in [5, 5.41) is 8.28. The molecule has 0 atom stereocenters. The predicted molar refractivity (Wildman–Crippen MR) is 167 cm³/mol. The Morgan fingerprint density at radius 2 is 0.824 bits per heavy atom. The summed E-state index contributed by atoms with van der Waals surface area (Å²) in [5.74, 6) is 0. The number of hydrogen-bond donors (Lipinski definition) is 0. The third kappa shape index (κ3) is 3.57. The summed E-state index contributed by atoms with van der Waals surface area (Å²) in [6.07, 6.45) is 0. The van der Waals surface area contributed by atoms with Gasteiger partial charge in [-0.3, -0.25) is 0 Å². The fourth-order valence-corrected chi connectivity index (χ4v) is 12.9. The molecule has 0 amide bonds. The Bertz CT molecular complexity index is 1720. The van der Waals surface area contributed by atoms with Crippen molar-refractivity contribution in [3.05, 3.63) is 104 Å². The van der Waals surface area contributed by atoms with Gasteiger partial charge in [-0.2, -0.15) is 0 Å². The molecule has 0 N–H and O–H groups in total. The second kappa shape index (κ2) is 8.62. The van der Waals surface area contributed by atoms with Crippen LogP contribution in [0, 0.1) is 7.14 Å². The van der Waals surface area contributed by atoms with Crippen LogP contribution in [0.3, 0.4) is 0 Å². The summed E-state index contributed by atoms with van der Waals surface area (Å²) in [5.41, 5.74) is 2.73. The van der Waals surface area contributed by atoms with E-state index in [0.29, 0.717) is 29.0 Å². The molecule has 2 aromatic heterocycles. The van der Waals surface area contributed by atoms with Crippen LogP contribution in [0.2, 0.25) is 0 Å². The van der Waals surface area contributed by atoms with Crippen molar-refractivity contribution >= 4 is 115 Å². The Morgan fingerprint density at radius 3 is 1.24 bits per heavy atom. The molecule has 0 aliphatic heterocycles. The molecule has 34 heavy (non-hydrogen) atoms. The summed E-state index contributed by atoms with van der Waals surface area (Å²) in [6, 6.07) is 36.4. The second-order valence-electron chi connectivity index (χ2n) is 8.47. The van der Waals surface area contributed by atoms with Crippen LogP contribution >= 0.6 is 45.2 Å². The van der Waals surface area contributed by atoms with Crippen molar-refractivity contribution in [2.75, 3.05) is 0 Å². The fraction of sp³-hybridized carbons (Fsp3) is 0. The van der Waals surface area contributed by atoms with Crippen LogP contribution in [0.5, 0.6) is 0 Å². The monoisotopic (exact) mass is 790 g/mol. The molecular weight excluding hydrogens is 772 g/mol. The van der Waals surface area contributed by atoms with Gasteiger partial charge in [0.25, 0.3) is 0 Å². The molecule has 0 unspecified atom stereocenters. The zero-order valence-electron chi connectivity index (χ0n) is 17.8. The second-order valence-corrected chi connectivity index (χ2v) is 15.0. The van der Waals surface area contributed by atoms with Crippen LogP contribution in [-0.4, -0.2) is 29.0 Å². The number of benzene rings is 5. The quantitative estimate of drug-likeness (QED) is 0.0934. The number of hydrogen-bond acceptors (Lipinski definition) is 0. The summed E-state index contributed by atoms with van der Waals surface area (Å²) >= 11 is 5.82. The van der Waals surface area contributed by atoms with Gasteiger partial charge in [-0.05, 0) is 0 Å². The van der Waals surface area contributed by atoms with Gasteiger partial charge in [0, 0.05) is 0 Å². The number of fused-ring (bicyclic) bond motifs is 4. The van der Waals surface area contributed by atoms with Gasteiger partial charge < -0.3 is 0 Å². The first-order valence-corrected chi connectivity index (χ1v) is 16.6. The van der Waals surface area contributed by atoms with Crippen molar-refractivity contribution < 1.29 is 0 Å². The van der Waals surface area contributed by atoms with Crippen molar-refractivity contribution in [3.63, 3.8) is 0 Å². The van der Waals surface area contributed by atoms with E-state index in [1.807, 2.05) is 0 Å². The minimum atomic E-state index is 0.347. The van der Waals surface area contributed by atoms with E-state index in [2.05, 4.69) is 142 Å². The van der Waals surface area contributed by atoms with Gasteiger partial charge in [-0.1, -0.05) is 0 Å². The van der Waals surface area contributed by atoms with Crippen LogP contribution in [-0.2, 0) is 0 Å². The van der Waals surface area contributed by atoms with Crippen molar-refractivity contribution in [2.45, 2.75) is 0 Å². The molecule has 2 heterocycles. The van der Waals surface area contributed by atoms with Gasteiger partial charge in [-0.25, -0.2) is 0 Å². The molecule has 0 aliphatic rings. The van der Waals surface area contributed by atoms with Crippen LogP contribution in [0.1, 0.15) is 0 Å². The first-order chi connectivity index (χ1) is 16.7. The Labute approximate surface area is 236 Å². The number of rotatable bonds is 2. The van der Waals surface area contributed by atoms with E-state index in [0.717, 1.165) is 0 Å². The van der Waals surface area contributed by atoms with E-state index in [1.54, 1.807) is 0 Å². The molecule has 0 saturated heterocycles. The molecule has 162 valence electrons. The molecule has 0 radical (unpaired) electrons. The van der Waals surface area contributed by atoms with Gasteiger partial charge >= 0.3 is 239 Å². The Balaban J connectivity index is 1.44. The van der Waals surface area contributed by atoms with Crippen molar-refractivity contribution in [1.29, 1.82) is 0 Å². The third-order valence-corrected chi connectivity index (χ3v) is 15.3. The third-order valence-electron chi connectivity index (χ3n) is 6.36. The van der Waals surface area contributed by atoms with Crippen molar-refractivity contribution in [1.82, 2.24) is 0 Å². The van der Waals surface area contributed by atoms with Gasteiger partial charge in [-0.15, -0.1) is 0 Å². The van der Waals surface area contributed by atoms with Crippen LogP contribution in [0.4, 0.5) is 0 Å². The van der Waals surface area contributed by atoms with Crippen LogP contribution in [0.15, 0.2) is 97.1 Å². The van der Waals surface area contributed by atoms with E-state index in [-0.39, 0.29) is 0 Å². The summed E-state index contributed by atoms with van der Waals surface area (Å²) < 4.78 is 8.88. The fourth-order valence-electron chi connectivity index (χ4n) is 4.68. The van der Waals surface area contributed by atoms with Gasteiger partial charge in [0.2, 0.25) is 0 Å². The molecule has 0 bridgehead atoms. The van der Waals surface area contributed by atoms with Gasteiger partial charge in [0.15, 0.2) is 0 Å². The Morgan fingerprint density at radius 1 is 0.441 bits per heavy atom. The molecule has 0 saturated carbocycles. The van der Waals surface area contributed by atoms with Gasteiger partial charge in [0.05, 0.1) is 0 Å². The van der Waals surface area contributed by atoms with E-state index < -0.39 is 0 Å². The Hall–Kier alpha value is -1.40. The Kier molecular flexibility index (Phi) is 5.54. The zero-order valence-corrected chi connectivity index (χ0v) is 25.6. The molecular formula is C30H16I2Se2. The normalized spacial score (nSPS) is 11.8. The molecule has 7 aromatic rings. The SMILES string of the molecule is Ic1c(-c2ccccc2)[se]c2cc3cc4cc5c(I)c(-c6ccccc6)[se]c5cc4cc3cc12. The zero-order chi connectivity index (χ0) is 22.8. The summed E-state index contributed by atoms with van der Waals surface area (Å²) in [7, 11) is 0. The molecule has 0 fully saturated rings. The van der Waals surface area contributed by atoms with Crippen molar-refractivity contribution in [3.8, 4) is 20.0 Å². The van der Waals surface area contributed by atoms with Crippen LogP contribution in [0.25, 0.3) is 60.8 Å². The molecule has 0 nitrogen and oxygen atoms in total. The maximum absolute atomic E-state index is 2.56. The van der Waals surface area contributed by atoms with E-state index >= 15 is 0 Å². The van der Waals surface area contributed by atoms with E-state index in [1.165, 1.54) is 68.0 Å². The maximum atomic E-state index is 2.56. The van der Waals surface area contributed by atoms with Crippen molar-refractivity contribution in [2.24, 2.45) is 0 Å². The van der Waals surface area contributed by atoms with E-state index in [4.69, 9.17) is 0 Å². The molecule has 0 spiro atoms. The summed E-state index contributed by atoms with van der Waals surface area (Å²) in [6.45, 7) is 0. The average Bonchev–Trinajstić information content (AvgIpc) is 3.37. The minimum absolute atomic E-state index is 0.347. The van der Waals surface area contributed by atoms with E-state index in [9.17, 15) is 0 Å². The first-order valence-electron chi connectivity index (χ1n) is 11.0. The molecule has 0 aliphatic carbocycles. The molecule has 7 rings (SSSR count).